The molecule has 6 heteroatoms. The number of benzene rings is 1. The van der Waals surface area contributed by atoms with E-state index in [2.05, 4.69) is 11.9 Å². The molecule has 0 saturated carbocycles. The number of carbonyl (C=O) groups is 3. The number of imide groups is 2. The van der Waals surface area contributed by atoms with E-state index in [4.69, 9.17) is 4.74 Å². The molecule has 1 aromatic rings. The van der Waals surface area contributed by atoms with E-state index in [1.165, 1.54) is 19.3 Å². The first-order valence-corrected chi connectivity index (χ1v) is 6.20. The van der Waals surface area contributed by atoms with Gasteiger partial charge < -0.3 is 4.74 Å². The summed E-state index contributed by atoms with van der Waals surface area (Å²) in [6.45, 7) is 3.51. The smallest absolute Gasteiger partial charge is 0.331 e. The van der Waals surface area contributed by atoms with Gasteiger partial charge in [0.05, 0.1) is 7.11 Å². The molecule has 1 saturated heterocycles. The Morgan fingerprint density at radius 3 is 2.76 bits per heavy atom. The molecule has 21 heavy (non-hydrogen) atoms. The molecule has 0 spiro atoms. The van der Waals surface area contributed by atoms with Gasteiger partial charge in [0.1, 0.15) is 11.3 Å². The normalized spacial score (nSPS) is 16.9. The second-order valence-electron chi connectivity index (χ2n) is 4.30. The lowest BCUT2D eigenvalue weighted by Gasteiger charge is -2.25. The van der Waals surface area contributed by atoms with E-state index >= 15 is 0 Å². The van der Waals surface area contributed by atoms with E-state index in [-0.39, 0.29) is 12.1 Å². The van der Waals surface area contributed by atoms with Crippen LogP contribution in [0.25, 0.3) is 6.08 Å². The fraction of sp³-hybridized carbons (Fsp3) is 0.133. The zero-order valence-electron chi connectivity index (χ0n) is 11.5. The van der Waals surface area contributed by atoms with Crippen molar-refractivity contribution in [2.75, 3.05) is 13.7 Å². The summed E-state index contributed by atoms with van der Waals surface area (Å²) in [7, 11) is 1.52. The van der Waals surface area contributed by atoms with Gasteiger partial charge in [0.15, 0.2) is 0 Å². The van der Waals surface area contributed by atoms with Crippen LogP contribution in [0.5, 0.6) is 5.75 Å². The van der Waals surface area contributed by atoms with Crippen LogP contribution in [0, 0.1) is 0 Å². The number of carbonyl (C=O) groups excluding carboxylic acids is 3. The largest absolute Gasteiger partial charge is 0.497 e. The molecule has 4 amide bonds. The predicted molar refractivity (Wildman–Crippen MR) is 76.4 cm³/mol. The number of nitrogens with one attached hydrogen (secondary N) is 1. The third-order valence-corrected chi connectivity index (χ3v) is 2.90. The van der Waals surface area contributed by atoms with Gasteiger partial charge >= 0.3 is 6.03 Å². The fourth-order valence-corrected chi connectivity index (χ4v) is 1.89. The molecule has 0 radical (unpaired) electrons. The molecular weight excluding hydrogens is 272 g/mol. The number of urea groups is 1. The second-order valence-corrected chi connectivity index (χ2v) is 4.30. The number of ether oxygens (including phenoxy) is 1. The van der Waals surface area contributed by atoms with Crippen molar-refractivity contribution in [1.29, 1.82) is 0 Å². The van der Waals surface area contributed by atoms with Crippen LogP contribution < -0.4 is 10.1 Å². The Morgan fingerprint density at radius 2 is 2.10 bits per heavy atom. The van der Waals surface area contributed by atoms with Crippen LogP contribution in [-0.4, -0.2) is 36.4 Å². The Morgan fingerprint density at radius 1 is 1.33 bits per heavy atom. The number of hydrogen-bond donors (Lipinski definition) is 1. The van der Waals surface area contributed by atoms with Gasteiger partial charge in [0.2, 0.25) is 0 Å². The van der Waals surface area contributed by atoms with Crippen molar-refractivity contribution in [3.63, 3.8) is 0 Å². The van der Waals surface area contributed by atoms with Crippen LogP contribution in [0.2, 0.25) is 0 Å². The summed E-state index contributed by atoms with van der Waals surface area (Å²) in [5.41, 5.74) is 0.519. The molecule has 1 heterocycles. The first-order valence-electron chi connectivity index (χ1n) is 6.20. The Kier molecular flexibility index (Phi) is 4.18. The SMILES string of the molecule is C=CCN1C(=O)NC(=O)C(=Cc2cccc(OC)c2)C1=O. The number of amides is 4. The zero-order chi connectivity index (χ0) is 15.4. The van der Waals surface area contributed by atoms with Crippen molar-refractivity contribution in [1.82, 2.24) is 10.2 Å². The highest BCUT2D eigenvalue weighted by molar-refractivity contribution is 6.31. The summed E-state index contributed by atoms with van der Waals surface area (Å²) in [5, 5.41) is 2.12. The highest BCUT2D eigenvalue weighted by atomic mass is 16.5. The molecule has 1 aliphatic heterocycles. The number of hydrogen-bond acceptors (Lipinski definition) is 4. The standard InChI is InChI=1S/C15H14N2O4/c1-3-7-17-14(19)12(13(18)16-15(17)20)9-10-5-4-6-11(8-10)21-2/h3-6,8-9H,1,7H2,2H3,(H,16,18,20). The summed E-state index contributed by atoms with van der Waals surface area (Å²) in [6, 6.07) is 6.15. The summed E-state index contributed by atoms with van der Waals surface area (Å²) in [5.74, 6) is -0.758. The number of methoxy groups -OCH3 is 1. The lowest BCUT2D eigenvalue weighted by molar-refractivity contribution is -0.129. The Hall–Kier alpha value is -2.89. The monoisotopic (exact) mass is 286 g/mol. The maximum Gasteiger partial charge on any atom is 0.331 e. The van der Waals surface area contributed by atoms with Crippen molar-refractivity contribution in [3.05, 3.63) is 48.1 Å². The van der Waals surface area contributed by atoms with Gasteiger partial charge in [-0.1, -0.05) is 18.2 Å². The maximum absolute atomic E-state index is 12.2. The minimum atomic E-state index is -0.743. The van der Waals surface area contributed by atoms with E-state index in [0.717, 1.165) is 4.90 Å². The molecular formula is C15H14N2O4. The van der Waals surface area contributed by atoms with Crippen LogP contribution in [0.4, 0.5) is 4.79 Å². The van der Waals surface area contributed by atoms with Gasteiger partial charge in [-0.3, -0.25) is 19.8 Å². The molecule has 2 rings (SSSR count). The maximum atomic E-state index is 12.2. The lowest BCUT2D eigenvalue weighted by Crippen LogP contribution is -2.54. The average Bonchev–Trinajstić information content (AvgIpc) is 2.48. The minimum absolute atomic E-state index is 0.0351. The second kappa shape index (κ2) is 6.04. The average molecular weight is 286 g/mol. The minimum Gasteiger partial charge on any atom is -0.497 e. The summed E-state index contributed by atoms with van der Waals surface area (Å²) in [6.07, 6.45) is 2.83. The molecule has 1 aromatic carbocycles. The molecule has 6 nitrogen and oxygen atoms in total. The van der Waals surface area contributed by atoms with E-state index in [0.29, 0.717) is 11.3 Å². The zero-order valence-corrected chi connectivity index (χ0v) is 11.5. The Labute approximate surface area is 121 Å². The van der Waals surface area contributed by atoms with E-state index in [1.807, 2.05) is 0 Å². The number of nitrogens with zero attached hydrogens (tertiary/aromatic N) is 1. The quantitative estimate of drug-likeness (QED) is 0.515. The molecule has 1 N–H and O–H groups in total. The molecule has 1 aliphatic rings. The molecule has 108 valence electrons. The van der Waals surface area contributed by atoms with Gasteiger partial charge in [0.25, 0.3) is 11.8 Å². The van der Waals surface area contributed by atoms with Gasteiger partial charge in [0, 0.05) is 6.54 Å². The van der Waals surface area contributed by atoms with Gasteiger partial charge in [-0.05, 0) is 23.8 Å². The van der Waals surface area contributed by atoms with Crippen molar-refractivity contribution in [2.24, 2.45) is 0 Å². The molecule has 0 bridgehead atoms. The van der Waals surface area contributed by atoms with E-state index in [9.17, 15) is 14.4 Å². The van der Waals surface area contributed by atoms with Crippen molar-refractivity contribution in [3.8, 4) is 5.75 Å². The predicted octanol–water partition coefficient (Wildman–Crippen LogP) is 1.34. The third-order valence-electron chi connectivity index (χ3n) is 2.90. The number of rotatable bonds is 4. The van der Waals surface area contributed by atoms with Gasteiger partial charge in [-0.25, -0.2) is 4.79 Å². The third kappa shape index (κ3) is 3.00. The highest BCUT2D eigenvalue weighted by Crippen LogP contribution is 2.18. The van der Waals surface area contributed by atoms with Crippen LogP contribution >= 0.6 is 0 Å². The van der Waals surface area contributed by atoms with Crippen LogP contribution in [0.1, 0.15) is 5.56 Å². The van der Waals surface area contributed by atoms with Crippen molar-refractivity contribution >= 4 is 23.9 Å². The van der Waals surface area contributed by atoms with Crippen LogP contribution in [0.3, 0.4) is 0 Å². The first-order chi connectivity index (χ1) is 10.1. The van der Waals surface area contributed by atoms with Crippen molar-refractivity contribution in [2.45, 2.75) is 0 Å². The fourth-order valence-electron chi connectivity index (χ4n) is 1.89. The Bertz CT molecular complexity index is 649. The van der Waals surface area contributed by atoms with Gasteiger partial charge in [-0.2, -0.15) is 0 Å². The lowest BCUT2D eigenvalue weighted by atomic mass is 10.1. The summed E-state index contributed by atoms with van der Waals surface area (Å²) >= 11 is 0. The van der Waals surface area contributed by atoms with Gasteiger partial charge in [-0.15, -0.1) is 6.58 Å². The van der Waals surface area contributed by atoms with Crippen LogP contribution in [-0.2, 0) is 9.59 Å². The molecule has 0 aliphatic carbocycles. The van der Waals surface area contributed by atoms with Crippen molar-refractivity contribution < 1.29 is 19.1 Å². The molecule has 0 unspecified atom stereocenters. The summed E-state index contributed by atoms with van der Waals surface area (Å²) < 4.78 is 5.08. The van der Waals surface area contributed by atoms with E-state index < -0.39 is 17.8 Å². The summed E-state index contributed by atoms with van der Waals surface area (Å²) in [4.78, 5) is 36.5. The first kappa shape index (κ1) is 14.5. The molecule has 0 atom stereocenters. The Balaban J connectivity index is 2.37. The van der Waals surface area contributed by atoms with Crippen LogP contribution in [0.15, 0.2) is 42.5 Å². The topological polar surface area (TPSA) is 75.7 Å². The molecule has 1 fully saturated rings. The number of barbiturate groups is 1. The van der Waals surface area contributed by atoms with E-state index in [1.54, 1.807) is 24.3 Å². The highest BCUT2D eigenvalue weighted by Gasteiger charge is 2.34. The molecule has 0 aromatic heterocycles.